The van der Waals surface area contributed by atoms with Crippen molar-refractivity contribution in [3.8, 4) is 34.6 Å². The topological polar surface area (TPSA) is 93.5 Å². The number of thiazole rings is 1. The van der Waals surface area contributed by atoms with Gasteiger partial charge in [-0.1, -0.05) is 31.2 Å². The first-order valence-corrected chi connectivity index (χ1v) is 10.7. The molecule has 1 aromatic heterocycles. The van der Waals surface area contributed by atoms with E-state index in [0.29, 0.717) is 27.9 Å². The van der Waals surface area contributed by atoms with Crippen LogP contribution in [0.1, 0.15) is 18.1 Å². The number of anilines is 1. The van der Waals surface area contributed by atoms with Crippen LogP contribution in [0.3, 0.4) is 0 Å². The third-order valence-electron chi connectivity index (χ3n) is 4.75. The number of aryl methyl sites for hydroxylation is 1. The lowest BCUT2D eigenvalue weighted by molar-refractivity contribution is -0.112. The average Bonchev–Trinajstić information content (AvgIpc) is 3.29. The molecule has 0 spiro atoms. The molecule has 2 aromatic carbocycles. The molecule has 7 nitrogen and oxygen atoms in total. The third kappa shape index (κ3) is 5.07. The second-order valence-corrected chi connectivity index (χ2v) is 7.53. The summed E-state index contributed by atoms with van der Waals surface area (Å²) < 4.78 is 15.9. The van der Waals surface area contributed by atoms with Crippen LogP contribution in [0, 0.1) is 11.3 Å². The maximum Gasteiger partial charge on any atom is 0.268 e. The Morgan fingerprint density at radius 1 is 1.12 bits per heavy atom. The van der Waals surface area contributed by atoms with Gasteiger partial charge in [0.1, 0.15) is 11.6 Å². The highest BCUT2D eigenvalue weighted by atomic mass is 32.1. The van der Waals surface area contributed by atoms with E-state index in [-0.39, 0.29) is 5.57 Å². The predicted octanol–water partition coefficient (Wildman–Crippen LogP) is 4.94. The molecule has 3 rings (SSSR count). The number of rotatable bonds is 8. The molecule has 3 aromatic rings. The summed E-state index contributed by atoms with van der Waals surface area (Å²) in [7, 11) is 4.50. The zero-order valence-electron chi connectivity index (χ0n) is 18.3. The Morgan fingerprint density at radius 3 is 2.31 bits per heavy atom. The number of nitrogens with one attached hydrogen (secondary N) is 1. The Balaban J connectivity index is 1.82. The molecular formula is C24H23N3O4S. The van der Waals surface area contributed by atoms with E-state index in [9.17, 15) is 10.1 Å². The summed E-state index contributed by atoms with van der Waals surface area (Å²) in [6.07, 6.45) is 2.42. The van der Waals surface area contributed by atoms with E-state index in [4.69, 9.17) is 14.2 Å². The van der Waals surface area contributed by atoms with Crippen molar-refractivity contribution in [3.05, 3.63) is 58.5 Å². The fraction of sp³-hybridized carbons (Fsp3) is 0.208. The summed E-state index contributed by atoms with van der Waals surface area (Å²) in [5, 5.41) is 14.5. The number of nitriles is 1. The highest BCUT2D eigenvalue weighted by Crippen LogP contribution is 2.38. The van der Waals surface area contributed by atoms with Crippen molar-refractivity contribution in [2.24, 2.45) is 0 Å². The van der Waals surface area contributed by atoms with Crippen LogP contribution in [0.15, 0.2) is 47.4 Å². The Hall–Kier alpha value is -3.83. The van der Waals surface area contributed by atoms with Gasteiger partial charge < -0.3 is 14.2 Å². The zero-order chi connectivity index (χ0) is 23.1. The molecule has 0 fully saturated rings. The van der Waals surface area contributed by atoms with Gasteiger partial charge in [-0.2, -0.15) is 5.26 Å². The van der Waals surface area contributed by atoms with Crippen LogP contribution >= 0.6 is 11.3 Å². The molecule has 32 heavy (non-hydrogen) atoms. The maximum absolute atomic E-state index is 12.7. The molecule has 0 aliphatic carbocycles. The summed E-state index contributed by atoms with van der Waals surface area (Å²) in [5.41, 5.74) is 3.45. The van der Waals surface area contributed by atoms with E-state index in [1.807, 2.05) is 23.6 Å². The lowest BCUT2D eigenvalue weighted by Gasteiger charge is -2.13. The van der Waals surface area contributed by atoms with Crippen LogP contribution in [-0.2, 0) is 11.2 Å². The summed E-state index contributed by atoms with van der Waals surface area (Å²) in [6.45, 7) is 2.10. The molecule has 0 atom stereocenters. The monoisotopic (exact) mass is 449 g/mol. The minimum atomic E-state index is -0.552. The van der Waals surface area contributed by atoms with Crippen LogP contribution in [0.25, 0.3) is 17.3 Å². The zero-order valence-corrected chi connectivity index (χ0v) is 19.1. The standard InChI is InChI=1S/C24H23N3O4S/c1-5-15-6-8-17(9-7-15)19-14-32-24(26-19)27-23(28)18(13-25)10-16-11-20(29-2)22(31-4)21(12-16)30-3/h6-12,14H,5H2,1-4H3,(H,26,27,28)/b18-10+. The van der Waals surface area contributed by atoms with Crippen molar-refractivity contribution in [1.82, 2.24) is 4.98 Å². The number of ether oxygens (including phenoxy) is 3. The van der Waals surface area contributed by atoms with Crippen molar-refractivity contribution in [2.45, 2.75) is 13.3 Å². The molecule has 0 aliphatic heterocycles. The normalized spacial score (nSPS) is 10.9. The van der Waals surface area contributed by atoms with E-state index >= 15 is 0 Å². The Labute approximate surface area is 190 Å². The minimum absolute atomic E-state index is 0.0803. The lowest BCUT2D eigenvalue weighted by atomic mass is 10.1. The number of hydrogen-bond acceptors (Lipinski definition) is 7. The van der Waals surface area contributed by atoms with E-state index in [0.717, 1.165) is 17.7 Å². The van der Waals surface area contributed by atoms with Gasteiger partial charge in [0.15, 0.2) is 16.6 Å². The number of amides is 1. The molecule has 0 unspecified atom stereocenters. The first-order chi connectivity index (χ1) is 15.5. The fourth-order valence-electron chi connectivity index (χ4n) is 3.04. The van der Waals surface area contributed by atoms with Crippen LogP contribution in [0.5, 0.6) is 17.2 Å². The molecule has 0 radical (unpaired) electrons. The molecule has 0 aliphatic rings. The van der Waals surface area contributed by atoms with Gasteiger partial charge in [-0.3, -0.25) is 10.1 Å². The minimum Gasteiger partial charge on any atom is -0.493 e. The summed E-state index contributed by atoms with van der Waals surface area (Å²) in [4.78, 5) is 17.2. The van der Waals surface area contributed by atoms with Crippen molar-refractivity contribution in [2.75, 3.05) is 26.6 Å². The van der Waals surface area contributed by atoms with Gasteiger partial charge >= 0.3 is 0 Å². The molecule has 1 amide bonds. The Morgan fingerprint density at radius 2 is 1.78 bits per heavy atom. The molecule has 0 saturated heterocycles. The highest BCUT2D eigenvalue weighted by molar-refractivity contribution is 7.14. The molecular weight excluding hydrogens is 426 g/mol. The SMILES string of the molecule is CCc1ccc(-c2csc(NC(=O)/C(C#N)=C/c3cc(OC)c(OC)c(OC)c3)n2)cc1. The van der Waals surface area contributed by atoms with Crippen LogP contribution in [-0.4, -0.2) is 32.2 Å². The molecule has 8 heteroatoms. The van der Waals surface area contributed by atoms with E-state index in [2.05, 4.69) is 29.4 Å². The molecule has 164 valence electrons. The first kappa shape index (κ1) is 22.8. The Bertz CT molecular complexity index is 1150. The number of hydrogen-bond donors (Lipinski definition) is 1. The van der Waals surface area contributed by atoms with E-state index < -0.39 is 5.91 Å². The van der Waals surface area contributed by atoms with Crippen molar-refractivity contribution in [3.63, 3.8) is 0 Å². The van der Waals surface area contributed by atoms with Crippen molar-refractivity contribution < 1.29 is 19.0 Å². The van der Waals surface area contributed by atoms with Crippen LogP contribution in [0.4, 0.5) is 5.13 Å². The van der Waals surface area contributed by atoms with Gasteiger partial charge in [0.2, 0.25) is 5.75 Å². The summed E-state index contributed by atoms with van der Waals surface area (Å²) in [5.74, 6) is 0.727. The lowest BCUT2D eigenvalue weighted by Crippen LogP contribution is -2.13. The molecule has 1 N–H and O–H groups in total. The van der Waals surface area contributed by atoms with Gasteiger partial charge in [0, 0.05) is 10.9 Å². The van der Waals surface area contributed by atoms with Gasteiger partial charge in [-0.25, -0.2) is 4.98 Å². The number of aromatic nitrogens is 1. The number of nitrogens with zero attached hydrogens (tertiary/aromatic N) is 2. The average molecular weight is 450 g/mol. The number of carbonyl (C=O) groups is 1. The highest BCUT2D eigenvalue weighted by Gasteiger charge is 2.16. The van der Waals surface area contributed by atoms with Gasteiger partial charge in [0.25, 0.3) is 5.91 Å². The second kappa shape index (κ2) is 10.5. The smallest absolute Gasteiger partial charge is 0.268 e. The first-order valence-electron chi connectivity index (χ1n) is 9.80. The van der Waals surface area contributed by atoms with Gasteiger partial charge in [-0.05, 0) is 35.8 Å². The molecule has 0 bridgehead atoms. The van der Waals surface area contributed by atoms with E-state index in [1.54, 1.807) is 12.1 Å². The van der Waals surface area contributed by atoms with E-state index in [1.165, 1.54) is 44.3 Å². The Kier molecular flexibility index (Phi) is 7.47. The summed E-state index contributed by atoms with van der Waals surface area (Å²) >= 11 is 1.30. The predicted molar refractivity (Wildman–Crippen MR) is 125 cm³/mol. The van der Waals surface area contributed by atoms with Crippen molar-refractivity contribution in [1.29, 1.82) is 5.26 Å². The maximum atomic E-state index is 12.7. The van der Waals surface area contributed by atoms with Gasteiger partial charge in [-0.15, -0.1) is 11.3 Å². The third-order valence-corrected chi connectivity index (χ3v) is 5.50. The largest absolute Gasteiger partial charge is 0.493 e. The number of carbonyl (C=O) groups excluding carboxylic acids is 1. The van der Waals surface area contributed by atoms with Crippen molar-refractivity contribution >= 4 is 28.5 Å². The molecule has 1 heterocycles. The number of benzene rings is 2. The number of methoxy groups -OCH3 is 3. The quantitative estimate of drug-likeness (QED) is 0.387. The second-order valence-electron chi connectivity index (χ2n) is 6.67. The molecule has 0 saturated carbocycles. The van der Waals surface area contributed by atoms with Crippen LogP contribution in [0.2, 0.25) is 0 Å². The van der Waals surface area contributed by atoms with Gasteiger partial charge in [0.05, 0.1) is 27.0 Å². The summed E-state index contributed by atoms with van der Waals surface area (Å²) in [6, 6.07) is 13.4. The van der Waals surface area contributed by atoms with Crippen LogP contribution < -0.4 is 19.5 Å². The fourth-order valence-corrected chi connectivity index (χ4v) is 3.75.